The van der Waals surface area contributed by atoms with Gasteiger partial charge >= 0.3 is 0 Å². The minimum absolute atomic E-state index is 0.339. The SMILES string of the molecule is CC=C1CCOCC1.O=C1CCOCC1. The molecule has 0 amide bonds. The van der Waals surface area contributed by atoms with Gasteiger partial charge in [-0.3, -0.25) is 4.79 Å². The molecule has 2 rings (SSSR count). The molecule has 0 unspecified atom stereocenters. The zero-order chi connectivity index (χ0) is 10.9. The van der Waals surface area contributed by atoms with Crippen molar-refractivity contribution in [2.24, 2.45) is 0 Å². The number of Topliss-reactive ketones (excluding diaryl/α,β-unsaturated/α-hetero) is 1. The van der Waals surface area contributed by atoms with E-state index < -0.39 is 0 Å². The number of rotatable bonds is 0. The zero-order valence-corrected chi connectivity index (χ0v) is 9.46. The van der Waals surface area contributed by atoms with Crippen LogP contribution in [0.15, 0.2) is 11.6 Å². The highest BCUT2D eigenvalue weighted by Crippen LogP contribution is 2.11. The van der Waals surface area contributed by atoms with Gasteiger partial charge in [0.1, 0.15) is 5.78 Å². The fraction of sp³-hybridized carbons (Fsp3) is 0.750. The molecule has 0 atom stereocenters. The summed E-state index contributed by atoms with van der Waals surface area (Å²) in [6.07, 6.45) is 5.75. The maximum Gasteiger partial charge on any atom is 0.137 e. The number of allylic oxidation sites excluding steroid dienone is 1. The van der Waals surface area contributed by atoms with Gasteiger partial charge in [-0.05, 0) is 19.8 Å². The van der Waals surface area contributed by atoms with Crippen LogP contribution in [-0.2, 0) is 14.3 Å². The lowest BCUT2D eigenvalue weighted by Gasteiger charge is -2.13. The molecule has 0 saturated carbocycles. The minimum atomic E-state index is 0.339. The first-order valence-corrected chi connectivity index (χ1v) is 5.64. The standard InChI is InChI=1S/C7H12O.C5H8O2/c1-2-7-3-5-8-6-4-7;6-5-1-3-7-4-2-5/h2H,3-6H2,1H3;1-4H2. The lowest BCUT2D eigenvalue weighted by Crippen LogP contribution is -2.14. The molecule has 0 aliphatic carbocycles. The Kier molecular flexibility index (Phi) is 6.28. The zero-order valence-electron chi connectivity index (χ0n) is 9.46. The van der Waals surface area contributed by atoms with Crippen LogP contribution in [0.2, 0.25) is 0 Å². The number of ketones is 1. The second-order valence-corrected chi connectivity index (χ2v) is 3.71. The van der Waals surface area contributed by atoms with Crippen molar-refractivity contribution < 1.29 is 14.3 Å². The van der Waals surface area contributed by atoms with E-state index in [4.69, 9.17) is 9.47 Å². The third-order valence-electron chi connectivity index (χ3n) is 2.59. The van der Waals surface area contributed by atoms with Crippen LogP contribution in [0.25, 0.3) is 0 Å². The molecule has 15 heavy (non-hydrogen) atoms. The second kappa shape index (κ2) is 7.60. The van der Waals surface area contributed by atoms with Gasteiger partial charge in [-0.15, -0.1) is 0 Å². The molecule has 0 spiro atoms. The Morgan fingerprint density at radius 1 is 0.933 bits per heavy atom. The Bertz CT molecular complexity index is 205. The maximum absolute atomic E-state index is 10.4. The van der Waals surface area contributed by atoms with Crippen molar-refractivity contribution in [2.45, 2.75) is 32.6 Å². The quantitative estimate of drug-likeness (QED) is 0.577. The number of ether oxygens (including phenoxy) is 2. The highest BCUT2D eigenvalue weighted by atomic mass is 16.5. The summed E-state index contributed by atoms with van der Waals surface area (Å²) in [6.45, 7) is 5.23. The smallest absolute Gasteiger partial charge is 0.137 e. The Morgan fingerprint density at radius 2 is 1.40 bits per heavy atom. The Labute approximate surface area is 91.4 Å². The Hall–Kier alpha value is -0.670. The maximum atomic E-state index is 10.4. The average Bonchev–Trinajstić information content (AvgIpc) is 2.32. The predicted molar refractivity (Wildman–Crippen MR) is 58.9 cm³/mol. The van der Waals surface area contributed by atoms with E-state index in [0.29, 0.717) is 31.8 Å². The van der Waals surface area contributed by atoms with E-state index in [1.165, 1.54) is 0 Å². The first kappa shape index (κ1) is 12.4. The van der Waals surface area contributed by atoms with Gasteiger partial charge < -0.3 is 9.47 Å². The average molecular weight is 212 g/mol. The Morgan fingerprint density at radius 3 is 1.67 bits per heavy atom. The molecular weight excluding hydrogens is 192 g/mol. The molecule has 3 heteroatoms. The van der Waals surface area contributed by atoms with Gasteiger partial charge in [0, 0.05) is 12.8 Å². The van der Waals surface area contributed by atoms with Gasteiger partial charge in [-0.25, -0.2) is 0 Å². The number of hydrogen-bond acceptors (Lipinski definition) is 3. The van der Waals surface area contributed by atoms with Gasteiger partial charge in [-0.2, -0.15) is 0 Å². The van der Waals surface area contributed by atoms with E-state index in [1.807, 2.05) is 0 Å². The highest BCUT2D eigenvalue weighted by molar-refractivity contribution is 5.78. The molecule has 0 bridgehead atoms. The Balaban J connectivity index is 0.000000151. The van der Waals surface area contributed by atoms with Gasteiger partial charge in [-0.1, -0.05) is 11.6 Å². The van der Waals surface area contributed by atoms with Crippen molar-refractivity contribution in [3.8, 4) is 0 Å². The normalized spacial score (nSPS) is 21.7. The fourth-order valence-electron chi connectivity index (χ4n) is 1.52. The molecule has 86 valence electrons. The van der Waals surface area contributed by atoms with E-state index in [-0.39, 0.29) is 0 Å². The van der Waals surface area contributed by atoms with Crippen molar-refractivity contribution in [3.05, 3.63) is 11.6 Å². The number of carbonyl (C=O) groups is 1. The molecule has 0 N–H and O–H groups in total. The summed E-state index contributed by atoms with van der Waals surface area (Å²) >= 11 is 0. The molecule has 0 aromatic rings. The van der Waals surface area contributed by atoms with Crippen molar-refractivity contribution in [2.75, 3.05) is 26.4 Å². The van der Waals surface area contributed by atoms with E-state index in [9.17, 15) is 4.79 Å². The molecule has 0 aromatic carbocycles. The van der Waals surface area contributed by atoms with Crippen LogP contribution in [0, 0.1) is 0 Å². The van der Waals surface area contributed by atoms with Gasteiger partial charge in [0.15, 0.2) is 0 Å². The van der Waals surface area contributed by atoms with Crippen LogP contribution >= 0.6 is 0 Å². The molecule has 2 aliphatic heterocycles. The van der Waals surface area contributed by atoms with E-state index in [0.717, 1.165) is 26.1 Å². The molecule has 2 aliphatic rings. The first-order chi connectivity index (χ1) is 7.33. The predicted octanol–water partition coefficient (Wildman–Crippen LogP) is 2.11. The number of hydrogen-bond donors (Lipinski definition) is 0. The van der Waals surface area contributed by atoms with Crippen molar-refractivity contribution >= 4 is 5.78 Å². The molecule has 2 fully saturated rings. The third-order valence-corrected chi connectivity index (χ3v) is 2.59. The molecule has 0 aromatic heterocycles. The lowest BCUT2D eigenvalue weighted by atomic mass is 10.1. The van der Waals surface area contributed by atoms with Crippen molar-refractivity contribution in [1.29, 1.82) is 0 Å². The van der Waals surface area contributed by atoms with Crippen LogP contribution in [0.1, 0.15) is 32.6 Å². The summed E-state index contributed by atoms with van der Waals surface area (Å²) in [5.74, 6) is 0.339. The van der Waals surface area contributed by atoms with E-state index in [2.05, 4.69) is 13.0 Å². The van der Waals surface area contributed by atoms with E-state index >= 15 is 0 Å². The van der Waals surface area contributed by atoms with Gasteiger partial charge in [0.2, 0.25) is 0 Å². The minimum Gasteiger partial charge on any atom is -0.381 e. The van der Waals surface area contributed by atoms with Crippen LogP contribution < -0.4 is 0 Å². The summed E-state index contributed by atoms with van der Waals surface area (Å²) in [4.78, 5) is 10.4. The van der Waals surface area contributed by atoms with Crippen LogP contribution in [0.3, 0.4) is 0 Å². The molecular formula is C12H20O3. The fourth-order valence-corrected chi connectivity index (χ4v) is 1.52. The van der Waals surface area contributed by atoms with Crippen LogP contribution in [0.5, 0.6) is 0 Å². The number of carbonyl (C=O) groups excluding carboxylic acids is 1. The summed E-state index contributed by atoms with van der Waals surface area (Å²) in [5.41, 5.74) is 1.55. The van der Waals surface area contributed by atoms with E-state index in [1.54, 1.807) is 5.57 Å². The topological polar surface area (TPSA) is 35.5 Å². The third kappa shape index (κ3) is 5.70. The first-order valence-electron chi connectivity index (χ1n) is 5.64. The largest absolute Gasteiger partial charge is 0.381 e. The summed E-state index contributed by atoms with van der Waals surface area (Å²) < 4.78 is 10.1. The highest BCUT2D eigenvalue weighted by Gasteiger charge is 2.06. The summed E-state index contributed by atoms with van der Waals surface area (Å²) in [6, 6.07) is 0. The van der Waals surface area contributed by atoms with Crippen molar-refractivity contribution in [1.82, 2.24) is 0 Å². The molecule has 0 radical (unpaired) electrons. The molecule has 2 heterocycles. The molecule has 2 saturated heterocycles. The summed E-state index contributed by atoms with van der Waals surface area (Å²) in [5, 5.41) is 0. The van der Waals surface area contributed by atoms with Gasteiger partial charge in [0.05, 0.1) is 26.4 Å². The van der Waals surface area contributed by atoms with Crippen LogP contribution in [-0.4, -0.2) is 32.2 Å². The van der Waals surface area contributed by atoms with Crippen LogP contribution in [0.4, 0.5) is 0 Å². The van der Waals surface area contributed by atoms with Gasteiger partial charge in [0.25, 0.3) is 0 Å². The second-order valence-electron chi connectivity index (χ2n) is 3.71. The monoisotopic (exact) mass is 212 g/mol. The molecule has 3 nitrogen and oxygen atoms in total. The van der Waals surface area contributed by atoms with Crippen molar-refractivity contribution in [3.63, 3.8) is 0 Å². The summed E-state index contributed by atoms with van der Waals surface area (Å²) in [7, 11) is 0. The lowest BCUT2D eigenvalue weighted by molar-refractivity contribution is -0.124.